The van der Waals surface area contributed by atoms with E-state index >= 15 is 0 Å². The lowest BCUT2D eigenvalue weighted by Crippen LogP contribution is -2.16. The first kappa shape index (κ1) is 24.4. The highest BCUT2D eigenvalue weighted by molar-refractivity contribution is 6.06. The predicted molar refractivity (Wildman–Crippen MR) is 115 cm³/mol. The van der Waals surface area contributed by atoms with Gasteiger partial charge >= 0.3 is 0 Å². The fourth-order valence-corrected chi connectivity index (χ4v) is 2.99. The lowest BCUT2D eigenvalue weighted by Gasteiger charge is -2.14. The number of carbonyl (C=O) groups is 2. The lowest BCUT2D eigenvalue weighted by atomic mass is 10.1. The van der Waals surface area contributed by atoms with Crippen LogP contribution in [0.1, 0.15) is 20.7 Å². The summed E-state index contributed by atoms with van der Waals surface area (Å²) in [6, 6.07) is 8.74. The average molecular weight is 478 g/mol. The number of hydrogen-bond donors (Lipinski definition) is 2. The van der Waals surface area contributed by atoms with E-state index in [2.05, 4.69) is 10.6 Å². The molecule has 0 bridgehead atoms. The van der Waals surface area contributed by atoms with Crippen molar-refractivity contribution in [2.75, 3.05) is 32.0 Å². The fourth-order valence-electron chi connectivity index (χ4n) is 2.99. The number of rotatable bonds is 7. The number of carbonyl (C=O) groups excluding carboxylic acids is 2. The SMILES string of the molecule is COc1cc(C(=O)Nc2ccc(NC(=O)c3cc(F)c(F)c(F)c3F)cc2)cc(OC)c1OC. The summed E-state index contributed by atoms with van der Waals surface area (Å²) >= 11 is 0. The topological polar surface area (TPSA) is 85.9 Å². The number of ether oxygens (including phenoxy) is 3. The Morgan fingerprint density at radius 2 is 1.18 bits per heavy atom. The van der Waals surface area contributed by atoms with Gasteiger partial charge in [-0.15, -0.1) is 0 Å². The highest BCUT2D eigenvalue weighted by Crippen LogP contribution is 2.38. The van der Waals surface area contributed by atoms with Gasteiger partial charge in [0.2, 0.25) is 5.75 Å². The molecule has 3 aromatic carbocycles. The molecule has 0 atom stereocenters. The van der Waals surface area contributed by atoms with Gasteiger partial charge in [0, 0.05) is 16.9 Å². The van der Waals surface area contributed by atoms with Crippen LogP contribution < -0.4 is 24.8 Å². The Morgan fingerprint density at radius 1 is 0.676 bits per heavy atom. The zero-order valence-electron chi connectivity index (χ0n) is 18.1. The maximum atomic E-state index is 13.8. The molecule has 2 amide bonds. The van der Waals surface area contributed by atoms with Crippen molar-refractivity contribution in [3.63, 3.8) is 0 Å². The summed E-state index contributed by atoms with van der Waals surface area (Å²) in [5.41, 5.74) is -0.332. The maximum Gasteiger partial charge on any atom is 0.258 e. The first-order chi connectivity index (χ1) is 16.2. The van der Waals surface area contributed by atoms with E-state index in [-0.39, 0.29) is 28.8 Å². The van der Waals surface area contributed by atoms with Gasteiger partial charge in [0.15, 0.2) is 34.8 Å². The van der Waals surface area contributed by atoms with Crippen LogP contribution in [0.2, 0.25) is 0 Å². The number of methoxy groups -OCH3 is 3. The molecule has 0 aromatic heterocycles. The van der Waals surface area contributed by atoms with Crippen molar-refractivity contribution >= 4 is 23.2 Å². The first-order valence-corrected chi connectivity index (χ1v) is 9.55. The zero-order chi connectivity index (χ0) is 25.0. The van der Waals surface area contributed by atoms with Gasteiger partial charge in [0.1, 0.15) is 0 Å². The highest BCUT2D eigenvalue weighted by Gasteiger charge is 2.23. The smallest absolute Gasteiger partial charge is 0.258 e. The summed E-state index contributed by atoms with van der Waals surface area (Å²) < 4.78 is 69.3. The summed E-state index contributed by atoms with van der Waals surface area (Å²) in [7, 11) is 4.25. The number of hydrogen-bond acceptors (Lipinski definition) is 5. The van der Waals surface area contributed by atoms with Gasteiger partial charge < -0.3 is 24.8 Å². The summed E-state index contributed by atoms with van der Waals surface area (Å²) in [6.07, 6.45) is 0. The van der Waals surface area contributed by atoms with Gasteiger partial charge in [-0.25, -0.2) is 17.6 Å². The Hall–Kier alpha value is -4.28. The van der Waals surface area contributed by atoms with E-state index in [9.17, 15) is 27.2 Å². The van der Waals surface area contributed by atoms with Crippen LogP contribution in [0, 0.1) is 23.3 Å². The zero-order valence-corrected chi connectivity index (χ0v) is 18.1. The van der Waals surface area contributed by atoms with E-state index in [1.165, 1.54) is 57.7 Å². The van der Waals surface area contributed by atoms with E-state index in [0.717, 1.165) is 0 Å². The third kappa shape index (κ3) is 4.87. The minimum atomic E-state index is -2.09. The second-order valence-corrected chi connectivity index (χ2v) is 6.75. The van der Waals surface area contributed by atoms with Crippen molar-refractivity contribution in [3.8, 4) is 17.2 Å². The van der Waals surface area contributed by atoms with Gasteiger partial charge in [0.05, 0.1) is 26.9 Å². The predicted octanol–water partition coefficient (Wildman–Crippen LogP) is 4.77. The number of amides is 2. The molecule has 0 spiro atoms. The van der Waals surface area contributed by atoms with Gasteiger partial charge in [-0.1, -0.05) is 0 Å². The Balaban J connectivity index is 1.74. The molecule has 3 rings (SSSR count). The molecule has 0 aliphatic rings. The van der Waals surface area contributed by atoms with Crippen molar-refractivity contribution in [1.29, 1.82) is 0 Å². The van der Waals surface area contributed by atoms with Crippen molar-refractivity contribution in [2.24, 2.45) is 0 Å². The molecular formula is C23H18F4N2O5. The van der Waals surface area contributed by atoms with E-state index in [1.54, 1.807) is 0 Å². The Morgan fingerprint density at radius 3 is 1.65 bits per heavy atom. The quantitative estimate of drug-likeness (QED) is 0.290. The van der Waals surface area contributed by atoms with E-state index in [0.29, 0.717) is 11.4 Å². The van der Waals surface area contributed by atoms with Crippen molar-refractivity contribution < 1.29 is 41.4 Å². The summed E-state index contributed by atoms with van der Waals surface area (Å²) in [4.78, 5) is 24.8. The highest BCUT2D eigenvalue weighted by atomic mass is 19.2. The summed E-state index contributed by atoms with van der Waals surface area (Å²) in [6.45, 7) is 0. The molecule has 11 heteroatoms. The molecule has 34 heavy (non-hydrogen) atoms. The lowest BCUT2D eigenvalue weighted by molar-refractivity contribution is 0.101. The molecule has 0 unspecified atom stereocenters. The molecule has 0 saturated heterocycles. The third-order valence-electron chi connectivity index (χ3n) is 4.67. The van der Waals surface area contributed by atoms with Gasteiger partial charge in [-0.05, 0) is 42.5 Å². The third-order valence-corrected chi connectivity index (χ3v) is 4.67. The molecular weight excluding hydrogens is 460 g/mol. The van der Waals surface area contributed by atoms with Crippen LogP contribution in [0.25, 0.3) is 0 Å². The van der Waals surface area contributed by atoms with Crippen molar-refractivity contribution in [2.45, 2.75) is 0 Å². The van der Waals surface area contributed by atoms with Gasteiger partial charge in [0.25, 0.3) is 11.8 Å². The largest absolute Gasteiger partial charge is 0.493 e. The molecule has 0 radical (unpaired) electrons. The molecule has 0 aliphatic carbocycles. The van der Waals surface area contributed by atoms with Crippen LogP contribution in [0.5, 0.6) is 17.2 Å². The van der Waals surface area contributed by atoms with E-state index < -0.39 is 40.6 Å². The van der Waals surface area contributed by atoms with Crippen LogP contribution in [0.15, 0.2) is 42.5 Å². The fraction of sp³-hybridized carbons (Fsp3) is 0.130. The van der Waals surface area contributed by atoms with Crippen LogP contribution in [-0.4, -0.2) is 33.1 Å². The Kier molecular flexibility index (Phi) is 7.24. The molecule has 0 aliphatic heterocycles. The second kappa shape index (κ2) is 10.1. The van der Waals surface area contributed by atoms with Crippen LogP contribution in [0.4, 0.5) is 28.9 Å². The minimum Gasteiger partial charge on any atom is -0.493 e. The Labute approximate surface area is 191 Å². The molecule has 3 aromatic rings. The molecule has 178 valence electrons. The van der Waals surface area contributed by atoms with E-state index in [1.807, 2.05) is 0 Å². The van der Waals surface area contributed by atoms with Crippen LogP contribution in [0.3, 0.4) is 0 Å². The van der Waals surface area contributed by atoms with Gasteiger partial charge in [-0.2, -0.15) is 0 Å². The molecule has 2 N–H and O–H groups in total. The number of anilines is 2. The second-order valence-electron chi connectivity index (χ2n) is 6.75. The summed E-state index contributed by atoms with van der Waals surface area (Å²) in [5, 5.41) is 4.87. The standard InChI is InChI=1S/C23H18F4N2O5/c1-32-16-8-11(9-17(33-2)21(16)34-3)22(30)28-12-4-6-13(7-5-12)29-23(31)14-10-15(24)19(26)20(27)18(14)25/h4-10H,1-3H3,(H,28,30)(H,29,31). The van der Waals surface area contributed by atoms with Crippen LogP contribution >= 0.6 is 0 Å². The number of benzene rings is 3. The maximum absolute atomic E-state index is 13.8. The molecule has 0 saturated carbocycles. The first-order valence-electron chi connectivity index (χ1n) is 9.55. The van der Waals surface area contributed by atoms with Crippen molar-refractivity contribution in [1.82, 2.24) is 0 Å². The average Bonchev–Trinajstić information content (AvgIpc) is 2.84. The van der Waals surface area contributed by atoms with Crippen LogP contribution in [-0.2, 0) is 0 Å². The normalized spacial score (nSPS) is 10.4. The van der Waals surface area contributed by atoms with Crippen molar-refractivity contribution in [3.05, 3.63) is 76.9 Å². The van der Waals surface area contributed by atoms with Gasteiger partial charge in [-0.3, -0.25) is 9.59 Å². The monoisotopic (exact) mass is 478 g/mol. The van der Waals surface area contributed by atoms with E-state index in [4.69, 9.17) is 14.2 Å². The molecule has 0 fully saturated rings. The number of nitrogens with one attached hydrogen (secondary N) is 2. The number of halogens is 4. The Bertz CT molecular complexity index is 1220. The molecule has 0 heterocycles. The molecule has 7 nitrogen and oxygen atoms in total. The summed E-state index contributed by atoms with van der Waals surface area (Å²) in [5.74, 6) is -8.42. The minimum absolute atomic E-state index is 0.125.